The van der Waals surface area contributed by atoms with E-state index in [1.165, 1.54) is 14.2 Å². The molecule has 0 saturated heterocycles. The number of carbonyl (C=O) groups excluding carboxylic acids is 2. The number of hydrogen-bond acceptors (Lipinski definition) is 5. The van der Waals surface area contributed by atoms with Crippen molar-refractivity contribution in [2.75, 3.05) is 28.4 Å². The molecule has 31 heavy (non-hydrogen) atoms. The molecule has 2 aromatic carbocycles. The molecule has 0 saturated carbocycles. The lowest BCUT2D eigenvalue weighted by Crippen LogP contribution is -2.47. The van der Waals surface area contributed by atoms with Gasteiger partial charge in [-0.15, -0.1) is 0 Å². The van der Waals surface area contributed by atoms with Crippen LogP contribution in [0.5, 0.6) is 17.2 Å². The highest BCUT2D eigenvalue weighted by atomic mass is 16.5. The molecular formula is C24H30N2O5. The highest BCUT2D eigenvalue weighted by Gasteiger charge is 2.43. The Labute approximate surface area is 183 Å². The first-order valence-corrected chi connectivity index (χ1v) is 10.3. The largest absolute Gasteiger partial charge is 0.497 e. The van der Waals surface area contributed by atoms with Crippen molar-refractivity contribution in [3.8, 4) is 17.2 Å². The Morgan fingerprint density at radius 3 is 2.23 bits per heavy atom. The molecule has 1 heterocycles. The maximum absolute atomic E-state index is 13.5. The highest BCUT2D eigenvalue weighted by molar-refractivity contribution is 6.02. The number of rotatable bonds is 7. The van der Waals surface area contributed by atoms with Crippen molar-refractivity contribution in [2.24, 2.45) is 0 Å². The monoisotopic (exact) mass is 426 g/mol. The molecule has 3 rings (SSSR count). The second kappa shape index (κ2) is 9.29. The summed E-state index contributed by atoms with van der Waals surface area (Å²) in [5.41, 5.74) is 1.91. The van der Waals surface area contributed by atoms with Crippen LogP contribution >= 0.6 is 0 Å². The van der Waals surface area contributed by atoms with Crippen molar-refractivity contribution < 1.29 is 23.8 Å². The first-order chi connectivity index (χ1) is 14.9. The zero-order valence-corrected chi connectivity index (χ0v) is 18.9. The highest BCUT2D eigenvalue weighted by Crippen LogP contribution is 2.45. The van der Waals surface area contributed by atoms with Crippen LogP contribution in [0.1, 0.15) is 53.7 Å². The second-order valence-corrected chi connectivity index (χ2v) is 7.72. The fourth-order valence-electron chi connectivity index (χ4n) is 3.98. The van der Waals surface area contributed by atoms with Crippen LogP contribution < -0.4 is 19.5 Å². The van der Waals surface area contributed by atoms with Crippen LogP contribution in [0.4, 0.5) is 0 Å². The summed E-state index contributed by atoms with van der Waals surface area (Å²) in [5.74, 6) is 0.716. The van der Waals surface area contributed by atoms with Gasteiger partial charge in [-0.05, 0) is 48.7 Å². The van der Waals surface area contributed by atoms with E-state index in [4.69, 9.17) is 14.2 Å². The van der Waals surface area contributed by atoms with E-state index in [-0.39, 0.29) is 17.9 Å². The predicted molar refractivity (Wildman–Crippen MR) is 118 cm³/mol. The average Bonchev–Trinajstić information content (AvgIpc) is 2.80. The van der Waals surface area contributed by atoms with Crippen LogP contribution in [0, 0.1) is 0 Å². The van der Waals surface area contributed by atoms with Gasteiger partial charge in [0.05, 0.1) is 33.3 Å². The molecule has 3 atom stereocenters. The first kappa shape index (κ1) is 22.5. The number of amides is 2. The predicted octanol–water partition coefficient (Wildman–Crippen LogP) is 3.54. The molecule has 1 N–H and O–H groups in total. The zero-order chi connectivity index (χ0) is 22.7. The van der Waals surface area contributed by atoms with Gasteiger partial charge < -0.3 is 24.4 Å². The molecule has 7 heteroatoms. The van der Waals surface area contributed by atoms with Crippen LogP contribution in [-0.4, -0.2) is 51.1 Å². The lowest BCUT2D eigenvalue weighted by Gasteiger charge is -2.40. The van der Waals surface area contributed by atoms with Gasteiger partial charge in [-0.1, -0.05) is 19.1 Å². The fraction of sp³-hybridized carbons (Fsp3) is 0.417. The Morgan fingerprint density at radius 1 is 1.06 bits per heavy atom. The van der Waals surface area contributed by atoms with Crippen molar-refractivity contribution in [2.45, 2.75) is 38.3 Å². The van der Waals surface area contributed by atoms with Crippen molar-refractivity contribution in [1.29, 1.82) is 0 Å². The molecule has 0 aromatic heterocycles. The van der Waals surface area contributed by atoms with E-state index >= 15 is 0 Å². The summed E-state index contributed by atoms with van der Waals surface area (Å²) in [6, 6.07) is 10.4. The molecule has 2 aromatic rings. The van der Waals surface area contributed by atoms with Crippen LogP contribution in [0.3, 0.4) is 0 Å². The van der Waals surface area contributed by atoms with Gasteiger partial charge >= 0.3 is 0 Å². The third-order valence-electron chi connectivity index (χ3n) is 5.92. The number of nitrogens with one attached hydrogen (secondary N) is 1. The zero-order valence-electron chi connectivity index (χ0n) is 18.9. The minimum Gasteiger partial charge on any atom is -0.497 e. The molecule has 2 amide bonds. The summed E-state index contributed by atoms with van der Waals surface area (Å²) >= 11 is 0. The van der Waals surface area contributed by atoms with Gasteiger partial charge in [-0.25, -0.2) is 0 Å². The summed E-state index contributed by atoms with van der Waals surface area (Å²) in [7, 11) is 6.38. The smallest absolute Gasteiger partial charge is 0.254 e. The number of likely N-dealkylation sites (N-methyl/N-ethyl adjacent to an activating group) is 1. The van der Waals surface area contributed by atoms with E-state index in [0.717, 1.165) is 12.0 Å². The van der Waals surface area contributed by atoms with E-state index in [9.17, 15) is 9.59 Å². The van der Waals surface area contributed by atoms with Crippen molar-refractivity contribution in [3.63, 3.8) is 0 Å². The van der Waals surface area contributed by atoms with Gasteiger partial charge in [-0.2, -0.15) is 0 Å². The SMILES string of the molecule is CC[C@@H](C)NC(=O)[C@@H]1c2cc(OC)c(OC)cc2C(=O)N(C)[C@@H]1c1ccc(OC)cc1. The molecule has 1 aliphatic heterocycles. The molecule has 0 unspecified atom stereocenters. The molecule has 0 bridgehead atoms. The van der Waals surface area contributed by atoms with Crippen molar-refractivity contribution in [3.05, 3.63) is 53.1 Å². The van der Waals surface area contributed by atoms with Crippen molar-refractivity contribution >= 4 is 11.8 Å². The molecular weight excluding hydrogens is 396 g/mol. The summed E-state index contributed by atoms with van der Waals surface area (Å²) in [6.45, 7) is 3.98. The quantitative estimate of drug-likeness (QED) is 0.733. The number of fused-ring (bicyclic) bond motifs is 1. The standard InChI is InChI=1S/C24H30N2O5/c1-7-14(2)25-23(27)21-17-12-19(30-5)20(31-6)13-18(17)24(28)26(3)22(21)15-8-10-16(29-4)11-9-15/h8-14,21-22H,7H2,1-6H3,(H,25,27)/t14-,21-,22-/m1/s1. The third kappa shape index (κ3) is 4.17. The van der Waals surface area contributed by atoms with Gasteiger partial charge in [-0.3, -0.25) is 9.59 Å². The lowest BCUT2D eigenvalue weighted by molar-refractivity contribution is -0.124. The molecule has 1 aliphatic rings. The summed E-state index contributed by atoms with van der Waals surface area (Å²) in [6.07, 6.45) is 0.805. The number of methoxy groups -OCH3 is 3. The van der Waals surface area contributed by atoms with Gasteiger partial charge in [0.1, 0.15) is 5.75 Å². The number of ether oxygens (including phenoxy) is 3. The first-order valence-electron chi connectivity index (χ1n) is 10.3. The molecule has 0 aliphatic carbocycles. The number of nitrogens with zero attached hydrogens (tertiary/aromatic N) is 1. The second-order valence-electron chi connectivity index (χ2n) is 7.72. The molecule has 7 nitrogen and oxygen atoms in total. The Balaban J connectivity index is 2.19. The fourth-order valence-corrected chi connectivity index (χ4v) is 3.98. The minimum atomic E-state index is -0.611. The summed E-state index contributed by atoms with van der Waals surface area (Å²) < 4.78 is 16.1. The summed E-state index contributed by atoms with van der Waals surface area (Å²) in [5, 5.41) is 3.09. The van der Waals surface area contributed by atoms with E-state index in [1.807, 2.05) is 38.1 Å². The Kier molecular flexibility index (Phi) is 6.73. The molecule has 0 spiro atoms. The Hall–Kier alpha value is -3.22. The number of benzene rings is 2. The van der Waals surface area contributed by atoms with E-state index in [0.29, 0.717) is 28.4 Å². The normalized spacial score (nSPS) is 18.8. The minimum absolute atomic E-state index is 0.00976. The van der Waals surface area contributed by atoms with E-state index in [1.54, 1.807) is 31.2 Å². The lowest BCUT2D eigenvalue weighted by atomic mass is 9.79. The number of carbonyl (C=O) groups is 2. The Morgan fingerprint density at radius 2 is 1.68 bits per heavy atom. The van der Waals surface area contributed by atoms with Crippen LogP contribution in [0.15, 0.2) is 36.4 Å². The van der Waals surface area contributed by atoms with Crippen molar-refractivity contribution in [1.82, 2.24) is 10.2 Å². The molecule has 0 fully saturated rings. The molecule has 0 radical (unpaired) electrons. The Bertz CT molecular complexity index is 957. The maximum Gasteiger partial charge on any atom is 0.254 e. The average molecular weight is 427 g/mol. The van der Waals surface area contributed by atoms with Gasteiger partial charge in [0, 0.05) is 18.7 Å². The topological polar surface area (TPSA) is 77.1 Å². The van der Waals surface area contributed by atoms with E-state index < -0.39 is 12.0 Å². The van der Waals surface area contributed by atoms with Crippen LogP contribution in [-0.2, 0) is 4.79 Å². The number of hydrogen-bond donors (Lipinski definition) is 1. The third-order valence-corrected chi connectivity index (χ3v) is 5.92. The van der Waals surface area contributed by atoms with Crippen LogP contribution in [0.2, 0.25) is 0 Å². The van der Waals surface area contributed by atoms with Gasteiger partial charge in [0.15, 0.2) is 11.5 Å². The van der Waals surface area contributed by atoms with Gasteiger partial charge in [0.25, 0.3) is 5.91 Å². The summed E-state index contributed by atoms with van der Waals surface area (Å²) in [4.78, 5) is 28.4. The van der Waals surface area contributed by atoms with Gasteiger partial charge in [0.2, 0.25) is 5.91 Å². The molecule has 166 valence electrons. The maximum atomic E-state index is 13.5. The van der Waals surface area contributed by atoms with E-state index in [2.05, 4.69) is 5.32 Å². The van der Waals surface area contributed by atoms with Crippen LogP contribution in [0.25, 0.3) is 0 Å².